The molecule has 1 N–H and O–H groups in total. The van der Waals surface area contributed by atoms with E-state index in [9.17, 15) is 14.4 Å². The molecule has 2 aromatic carbocycles. The van der Waals surface area contributed by atoms with Gasteiger partial charge in [-0.05, 0) is 61.0 Å². The van der Waals surface area contributed by atoms with E-state index in [0.29, 0.717) is 22.9 Å². The minimum Gasteiger partial charge on any atom is -0.467 e. The van der Waals surface area contributed by atoms with Gasteiger partial charge in [-0.3, -0.25) is 14.4 Å². The van der Waals surface area contributed by atoms with Crippen molar-refractivity contribution in [2.45, 2.75) is 33.4 Å². The molecule has 0 spiro atoms. The van der Waals surface area contributed by atoms with Crippen molar-refractivity contribution in [3.63, 3.8) is 0 Å². The van der Waals surface area contributed by atoms with E-state index in [0.717, 1.165) is 45.8 Å². The predicted octanol–water partition coefficient (Wildman–Crippen LogP) is 5.66. The molecular weight excluding hydrogens is 474 g/mol. The Hall–Kier alpha value is -4.04. The number of carbonyl (C=O) groups excluding carboxylic acids is 3. The monoisotopic (exact) mass is 499 g/mol. The number of aromatic nitrogens is 1. The molecule has 0 atom stereocenters. The summed E-state index contributed by atoms with van der Waals surface area (Å²) in [6.07, 6.45) is 5.98. The summed E-state index contributed by atoms with van der Waals surface area (Å²) in [6.45, 7) is 4.45. The smallest absolute Gasteiger partial charge is 0.298 e. The van der Waals surface area contributed by atoms with E-state index in [1.165, 1.54) is 4.90 Å². The summed E-state index contributed by atoms with van der Waals surface area (Å²) in [7, 11) is 0. The van der Waals surface area contributed by atoms with Crippen LogP contribution in [-0.4, -0.2) is 21.6 Å². The summed E-state index contributed by atoms with van der Waals surface area (Å²) >= 11 is 0.924. The zero-order chi connectivity index (χ0) is 25.2. The lowest BCUT2D eigenvalue weighted by molar-refractivity contribution is -0.121. The number of carbonyl (C=O) groups is 3. The first kappa shape index (κ1) is 23.7. The summed E-state index contributed by atoms with van der Waals surface area (Å²) in [5, 5.41) is 3.48. The zero-order valence-corrected chi connectivity index (χ0v) is 20.8. The molecular formula is C28H25N3O4S. The van der Waals surface area contributed by atoms with Gasteiger partial charge >= 0.3 is 0 Å². The van der Waals surface area contributed by atoms with Crippen molar-refractivity contribution in [3.05, 3.63) is 94.4 Å². The maximum absolute atomic E-state index is 13.2. The first-order chi connectivity index (χ1) is 17.4. The summed E-state index contributed by atoms with van der Waals surface area (Å²) in [5.41, 5.74) is 4.42. The van der Waals surface area contributed by atoms with Gasteiger partial charge in [0, 0.05) is 17.1 Å². The zero-order valence-electron chi connectivity index (χ0n) is 20.0. The molecule has 0 aliphatic carbocycles. The summed E-state index contributed by atoms with van der Waals surface area (Å²) in [5.74, 6) is 0.179. The minimum absolute atomic E-state index is 0.118. The Bertz CT molecular complexity index is 1480. The molecule has 7 nitrogen and oxygen atoms in total. The van der Waals surface area contributed by atoms with Crippen LogP contribution >= 0.6 is 11.8 Å². The van der Waals surface area contributed by atoms with Gasteiger partial charge in [0.2, 0.25) is 5.91 Å². The van der Waals surface area contributed by atoms with E-state index in [1.54, 1.807) is 30.5 Å². The highest BCUT2D eigenvalue weighted by molar-refractivity contribution is 8.19. The summed E-state index contributed by atoms with van der Waals surface area (Å²) in [4.78, 5) is 40.2. The van der Waals surface area contributed by atoms with E-state index in [2.05, 4.69) is 12.2 Å². The van der Waals surface area contributed by atoms with Crippen LogP contribution in [0, 0.1) is 6.92 Å². The van der Waals surface area contributed by atoms with Gasteiger partial charge in [0.25, 0.3) is 11.1 Å². The SMILES string of the molecule is CCc1cccc2c(/C=C3\SC(=O)N(c4ccc(C)cc4)C3=O)cn(CC(=O)NCc3ccco3)c12. The van der Waals surface area contributed by atoms with E-state index >= 15 is 0 Å². The van der Waals surface area contributed by atoms with Crippen LogP contribution in [0.15, 0.2) is 76.4 Å². The molecule has 0 saturated carbocycles. The molecule has 0 bridgehead atoms. The number of benzene rings is 2. The molecule has 2 aromatic heterocycles. The van der Waals surface area contributed by atoms with Gasteiger partial charge in [-0.25, -0.2) is 4.90 Å². The van der Waals surface area contributed by atoms with Crippen molar-refractivity contribution in [1.29, 1.82) is 0 Å². The molecule has 0 unspecified atom stereocenters. The Morgan fingerprint density at radius 2 is 1.89 bits per heavy atom. The Morgan fingerprint density at radius 1 is 1.08 bits per heavy atom. The number of nitrogens with zero attached hydrogens (tertiary/aromatic N) is 2. The normalized spacial score (nSPS) is 14.8. The van der Waals surface area contributed by atoms with Gasteiger partial charge in [-0.15, -0.1) is 0 Å². The van der Waals surface area contributed by atoms with Gasteiger partial charge in [0.1, 0.15) is 12.3 Å². The largest absolute Gasteiger partial charge is 0.467 e. The van der Waals surface area contributed by atoms with Crippen LogP contribution < -0.4 is 10.2 Å². The van der Waals surface area contributed by atoms with Crippen LogP contribution in [0.2, 0.25) is 0 Å². The minimum atomic E-state index is -0.349. The lowest BCUT2D eigenvalue weighted by Gasteiger charge is -2.12. The quantitative estimate of drug-likeness (QED) is 0.332. The molecule has 3 heterocycles. The Balaban J connectivity index is 1.46. The fourth-order valence-electron chi connectivity index (χ4n) is 4.33. The van der Waals surface area contributed by atoms with Crippen molar-refractivity contribution in [2.24, 2.45) is 0 Å². The molecule has 8 heteroatoms. The Kier molecular flexibility index (Phi) is 6.52. The number of fused-ring (bicyclic) bond motifs is 1. The van der Waals surface area contributed by atoms with Crippen LogP contribution in [0.1, 0.15) is 29.4 Å². The third-order valence-corrected chi connectivity index (χ3v) is 6.99. The molecule has 1 aliphatic rings. The van der Waals surface area contributed by atoms with Crippen molar-refractivity contribution in [1.82, 2.24) is 9.88 Å². The van der Waals surface area contributed by atoms with Crippen LogP contribution in [0.4, 0.5) is 10.5 Å². The lowest BCUT2D eigenvalue weighted by Crippen LogP contribution is -2.27. The van der Waals surface area contributed by atoms with Gasteiger partial charge in [-0.1, -0.05) is 42.8 Å². The number of hydrogen-bond acceptors (Lipinski definition) is 5. The van der Waals surface area contributed by atoms with Crippen LogP contribution in [0.3, 0.4) is 0 Å². The summed E-state index contributed by atoms with van der Waals surface area (Å²) in [6, 6.07) is 16.9. The second-order valence-corrected chi connectivity index (χ2v) is 9.58. The molecule has 36 heavy (non-hydrogen) atoms. The molecule has 1 fully saturated rings. The molecule has 1 aliphatic heterocycles. The number of thioether (sulfide) groups is 1. The fourth-order valence-corrected chi connectivity index (χ4v) is 5.16. The number of furan rings is 1. The van der Waals surface area contributed by atoms with E-state index < -0.39 is 0 Å². The Morgan fingerprint density at radius 3 is 2.61 bits per heavy atom. The Labute approximate surface area is 212 Å². The van der Waals surface area contributed by atoms with E-state index in [4.69, 9.17) is 4.42 Å². The van der Waals surface area contributed by atoms with Crippen LogP contribution in [-0.2, 0) is 29.1 Å². The number of rotatable bonds is 7. The van der Waals surface area contributed by atoms with Crippen LogP contribution in [0.5, 0.6) is 0 Å². The molecule has 5 rings (SSSR count). The number of imide groups is 1. The number of para-hydroxylation sites is 1. The van der Waals surface area contributed by atoms with Crippen molar-refractivity contribution >= 4 is 51.5 Å². The molecule has 182 valence electrons. The number of nitrogens with one attached hydrogen (secondary N) is 1. The molecule has 4 aromatic rings. The van der Waals surface area contributed by atoms with Crippen molar-refractivity contribution in [3.8, 4) is 0 Å². The number of aryl methyl sites for hydroxylation is 2. The summed E-state index contributed by atoms with van der Waals surface area (Å²) < 4.78 is 7.19. The van der Waals surface area contributed by atoms with Crippen LogP contribution in [0.25, 0.3) is 17.0 Å². The second kappa shape index (κ2) is 9.91. The first-order valence-electron chi connectivity index (χ1n) is 11.7. The first-order valence-corrected chi connectivity index (χ1v) is 12.5. The van der Waals surface area contributed by atoms with E-state index in [-0.39, 0.29) is 23.6 Å². The van der Waals surface area contributed by atoms with Gasteiger partial charge in [-0.2, -0.15) is 0 Å². The predicted molar refractivity (Wildman–Crippen MR) is 141 cm³/mol. The third kappa shape index (κ3) is 4.59. The lowest BCUT2D eigenvalue weighted by atomic mass is 10.1. The maximum Gasteiger partial charge on any atom is 0.298 e. The molecule has 1 saturated heterocycles. The van der Waals surface area contributed by atoms with Crippen molar-refractivity contribution in [2.75, 3.05) is 4.90 Å². The standard InChI is InChI=1S/C28H25N3O4S/c1-3-19-6-4-8-23-20(16-30(26(19)23)17-25(32)29-15-22-7-5-13-35-22)14-24-27(33)31(28(34)36-24)21-11-9-18(2)10-12-21/h4-14,16H,3,15,17H2,1-2H3,(H,29,32)/b24-14-. The maximum atomic E-state index is 13.2. The van der Waals surface area contributed by atoms with Gasteiger partial charge < -0.3 is 14.3 Å². The molecule has 0 radical (unpaired) electrons. The van der Waals surface area contributed by atoms with E-state index in [1.807, 2.05) is 54.1 Å². The molecule has 3 amide bonds. The fraction of sp³-hybridized carbons (Fsp3) is 0.179. The van der Waals surface area contributed by atoms with Gasteiger partial charge in [0.05, 0.1) is 28.9 Å². The average molecular weight is 500 g/mol. The highest BCUT2D eigenvalue weighted by atomic mass is 32.2. The average Bonchev–Trinajstić information content (AvgIpc) is 3.58. The number of amides is 3. The highest BCUT2D eigenvalue weighted by Gasteiger charge is 2.36. The van der Waals surface area contributed by atoms with Crippen molar-refractivity contribution < 1.29 is 18.8 Å². The van der Waals surface area contributed by atoms with Gasteiger partial charge in [0.15, 0.2) is 0 Å². The third-order valence-electron chi connectivity index (χ3n) is 6.12. The number of anilines is 1. The second-order valence-electron chi connectivity index (χ2n) is 8.59. The number of hydrogen-bond donors (Lipinski definition) is 1. The highest BCUT2D eigenvalue weighted by Crippen LogP contribution is 2.37. The topological polar surface area (TPSA) is 84.5 Å².